The highest BCUT2D eigenvalue weighted by Crippen LogP contribution is 2.19. The molecular weight excluding hydrogens is 295 g/mol. The Labute approximate surface area is 118 Å². The summed E-state index contributed by atoms with van der Waals surface area (Å²) in [6, 6.07) is 0. The summed E-state index contributed by atoms with van der Waals surface area (Å²) in [6.45, 7) is 0.0958. The minimum atomic E-state index is -4.14. The van der Waals surface area contributed by atoms with Crippen molar-refractivity contribution < 1.29 is 26.3 Å². The molecule has 4 nitrogen and oxygen atoms in total. The van der Waals surface area contributed by atoms with Crippen LogP contribution in [0.25, 0.3) is 0 Å². The lowest BCUT2D eigenvalue weighted by Gasteiger charge is -2.07. The number of unbranched alkanes of at least 4 members (excludes halogenated alkanes) is 6. The number of primary sulfonamides is 1. The van der Waals surface area contributed by atoms with Gasteiger partial charge in [-0.25, -0.2) is 13.6 Å². The van der Waals surface area contributed by atoms with Crippen molar-refractivity contribution in [2.45, 2.75) is 57.5 Å². The number of rotatable bonds is 12. The van der Waals surface area contributed by atoms with E-state index in [4.69, 9.17) is 9.88 Å². The Morgan fingerprint density at radius 2 is 1.35 bits per heavy atom. The number of hydrogen-bond acceptors (Lipinski definition) is 3. The molecule has 0 aliphatic heterocycles. The van der Waals surface area contributed by atoms with Crippen LogP contribution in [0.1, 0.15) is 51.4 Å². The maximum absolute atomic E-state index is 11.8. The third kappa shape index (κ3) is 17.7. The lowest BCUT2D eigenvalue weighted by atomic mass is 10.1. The van der Waals surface area contributed by atoms with Gasteiger partial charge in [-0.3, -0.25) is 0 Å². The van der Waals surface area contributed by atoms with E-state index in [1.165, 1.54) is 0 Å². The fourth-order valence-corrected chi connectivity index (χ4v) is 2.29. The molecule has 2 N–H and O–H groups in total. The molecule has 122 valence electrons. The van der Waals surface area contributed by atoms with Crippen LogP contribution < -0.4 is 5.14 Å². The monoisotopic (exact) mass is 319 g/mol. The third-order valence-electron chi connectivity index (χ3n) is 2.75. The van der Waals surface area contributed by atoms with Gasteiger partial charge in [-0.2, -0.15) is 13.2 Å². The van der Waals surface area contributed by atoms with Crippen molar-refractivity contribution in [3.8, 4) is 0 Å². The molecule has 0 atom stereocenters. The molecule has 0 aromatic rings. The smallest absolute Gasteiger partial charge is 0.381 e. The van der Waals surface area contributed by atoms with Crippen molar-refractivity contribution in [3.05, 3.63) is 0 Å². The number of halogens is 3. The molecule has 0 aliphatic rings. The first-order valence-electron chi connectivity index (χ1n) is 6.86. The minimum absolute atomic E-state index is 0.0278. The predicted octanol–water partition coefficient (Wildman–Crippen LogP) is 2.97. The average molecular weight is 319 g/mol. The van der Waals surface area contributed by atoms with Crippen LogP contribution in [-0.4, -0.2) is 33.6 Å². The van der Waals surface area contributed by atoms with Gasteiger partial charge in [-0.15, -0.1) is 0 Å². The highest BCUT2D eigenvalue weighted by Gasteiger charge is 2.26. The van der Waals surface area contributed by atoms with Crippen LogP contribution in [0.15, 0.2) is 0 Å². The fourth-order valence-electron chi connectivity index (χ4n) is 1.68. The van der Waals surface area contributed by atoms with Crippen LogP contribution in [-0.2, 0) is 14.8 Å². The van der Waals surface area contributed by atoms with Gasteiger partial charge in [0.15, 0.2) is 0 Å². The quantitative estimate of drug-likeness (QED) is 0.562. The Kier molecular flexibility index (Phi) is 10.2. The molecule has 8 heteroatoms. The van der Waals surface area contributed by atoms with E-state index in [0.29, 0.717) is 13.0 Å². The standard InChI is InChI=1S/C12H24F3NO3S/c13-12(14,15)8-10-19-9-6-4-2-1-3-5-7-11-20(16,17)18/h1-11H2,(H2,16,17,18). The largest absolute Gasteiger partial charge is 0.391 e. The molecule has 0 amide bonds. The summed E-state index contributed by atoms with van der Waals surface area (Å²) in [7, 11) is -3.34. The van der Waals surface area contributed by atoms with Gasteiger partial charge in [0.25, 0.3) is 0 Å². The Morgan fingerprint density at radius 1 is 0.850 bits per heavy atom. The van der Waals surface area contributed by atoms with Gasteiger partial charge in [0.1, 0.15) is 0 Å². The van der Waals surface area contributed by atoms with Crippen LogP contribution in [0.5, 0.6) is 0 Å². The summed E-state index contributed by atoms with van der Waals surface area (Å²) >= 11 is 0. The first-order chi connectivity index (χ1) is 9.21. The summed E-state index contributed by atoms with van der Waals surface area (Å²) < 4.78 is 61.5. The molecule has 0 aromatic heterocycles. The average Bonchev–Trinajstić information content (AvgIpc) is 2.27. The second-order valence-corrected chi connectivity index (χ2v) is 6.55. The highest BCUT2D eigenvalue weighted by atomic mass is 32.2. The Morgan fingerprint density at radius 3 is 1.85 bits per heavy atom. The van der Waals surface area contributed by atoms with Gasteiger partial charge in [0.2, 0.25) is 10.0 Å². The summed E-state index contributed by atoms with van der Waals surface area (Å²) in [6.07, 6.45) is 0.984. The van der Waals surface area contributed by atoms with Crippen molar-refractivity contribution in [1.82, 2.24) is 0 Å². The highest BCUT2D eigenvalue weighted by molar-refractivity contribution is 7.89. The second-order valence-electron chi connectivity index (χ2n) is 4.82. The summed E-state index contributed by atoms with van der Waals surface area (Å²) in [5, 5.41) is 4.87. The molecule has 0 aromatic carbocycles. The maximum Gasteiger partial charge on any atom is 0.391 e. The topological polar surface area (TPSA) is 69.4 Å². The van der Waals surface area contributed by atoms with E-state index in [-0.39, 0.29) is 12.4 Å². The lowest BCUT2D eigenvalue weighted by Crippen LogP contribution is -2.16. The molecule has 0 bridgehead atoms. The van der Waals surface area contributed by atoms with Crippen molar-refractivity contribution in [3.63, 3.8) is 0 Å². The molecule has 0 saturated heterocycles. The molecule has 0 saturated carbocycles. The van der Waals surface area contributed by atoms with Gasteiger partial charge in [0, 0.05) is 6.61 Å². The minimum Gasteiger partial charge on any atom is -0.381 e. The van der Waals surface area contributed by atoms with E-state index in [1.54, 1.807) is 0 Å². The summed E-state index contributed by atoms with van der Waals surface area (Å²) in [5.74, 6) is 0.0278. The van der Waals surface area contributed by atoms with E-state index in [0.717, 1.165) is 38.5 Å². The number of ether oxygens (including phenoxy) is 1. The van der Waals surface area contributed by atoms with Crippen LogP contribution in [0.4, 0.5) is 13.2 Å². The molecular formula is C12H24F3NO3S. The van der Waals surface area contributed by atoms with Gasteiger partial charge < -0.3 is 4.74 Å². The molecule has 0 fully saturated rings. The van der Waals surface area contributed by atoms with Crippen LogP contribution >= 0.6 is 0 Å². The zero-order valence-electron chi connectivity index (χ0n) is 11.6. The number of sulfonamides is 1. The van der Waals surface area contributed by atoms with Gasteiger partial charge >= 0.3 is 6.18 Å². The van der Waals surface area contributed by atoms with Crippen LogP contribution in [0.3, 0.4) is 0 Å². The van der Waals surface area contributed by atoms with E-state index in [2.05, 4.69) is 0 Å². The normalized spacial score (nSPS) is 12.8. The predicted molar refractivity (Wildman–Crippen MR) is 71.8 cm³/mol. The lowest BCUT2D eigenvalue weighted by molar-refractivity contribution is -0.145. The van der Waals surface area contributed by atoms with E-state index in [9.17, 15) is 21.6 Å². The SMILES string of the molecule is NS(=O)(=O)CCCCCCCCCOCCC(F)(F)F. The van der Waals surface area contributed by atoms with E-state index >= 15 is 0 Å². The molecule has 0 unspecified atom stereocenters. The molecule has 0 aliphatic carbocycles. The van der Waals surface area contributed by atoms with Crippen molar-refractivity contribution in [2.75, 3.05) is 19.0 Å². The van der Waals surface area contributed by atoms with E-state index < -0.39 is 22.6 Å². The van der Waals surface area contributed by atoms with Crippen molar-refractivity contribution in [2.24, 2.45) is 5.14 Å². The summed E-state index contributed by atoms with van der Waals surface area (Å²) in [4.78, 5) is 0. The van der Waals surface area contributed by atoms with Crippen molar-refractivity contribution in [1.29, 1.82) is 0 Å². The fraction of sp³-hybridized carbons (Fsp3) is 1.00. The molecule has 0 spiro atoms. The van der Waals surface area contributed by atoms with Crippen molar-refractivity contribution >= 4 is 10.0 Å². The molecule has 20 heavy (non-hydrogen) atoms. The Bertz CT molecular complexity index is 331. The number of nitrogens with two attached hydrogens (primary N) is 1. The summed E-state index contributed by atoms with van der Waals surface area (Å²) in [5.41, 5.74) is 0. The van der Waals surface area contributed by atoms with Crippen LogP contribution in [0, 0.1) is 0 Å². The van der Waals surface area contributed by atoms with E-state index in [1.807, 2.05) is 0 Å². The Balaban J connectivity index is 3.14. The van der Waals surface area contributed by atoms with Gasteiger partial charge in [0.05, 0.1) is 18.8 Å². The zero-order valence-corrected chi connectivity index (χ0v) is 12.4. The first-order valence-corrected chi connectivity index (χ1v) is 8.57. The second kappa shape index (κ2) is 10.4. The number of alkyl halides is 3. The Hall–Kier alpha value is -0.340. The van der Waals surface area contributed by atoms with Gasteiger partial charge in [-0.1, -0.05) is 32.1 Å². The van der Waals surface area contributed by atoms with Gasteiger partial charge in [-0.05, 0) is 12.8 Å². The zero-order chi connectivity index (χ0) is 15.5. The molecule has 0 heterocycles. The first kappa shape index (κ1) is 19.7. The maximum atomic E-state index is 11.8. The van der Waals surface area contributed by atoms with Crippen LogP contribution in [0.2, 0.25) is 0 Å². The third-order valence-corrected chi connectivity index (χ3v) is 3.61. The molecule has 0 rings (SSSR count). The molecule has 0 radical (unpaired) electrons. The number of hydrogen-bond donors (Lipinski definition) is 1.